The van der Waals surface area contributed by atoms with Crippen LogP contribution < -0.4 is 15.0 Å². The molecule has 0 aromatic heterocycles. The first-order valence-electron chi connectivity index (χ1n) is 10.3. The maximum atomic E-state index is 12.9. The first-order valence-corrected chi connectivity index (χ1v) is 10.3. The fourth-order valence-electron chi connectivity index (χ4n) is 3.66. The number of rotatable bonds is 7. The predicted molar refractivity (Wildman–Crippen MR) is 116 cm³/mol. The van der Waals surface area contributed by atoms with Crippen molar-refractivity contribution < 1.29 is 37.2 Å². The van der Waals surface area contributed by atoms with Crippen LogP contribution in [0.4, 0.5) is 30.2 Å². The zero-order chi connectivity index (χ0) is 24.9. The molecule has 1 saturated heterocycles. The van der Waals surface area contributed by atoms with Gasteiger partial charge >= 0.3 is 12.1 Å². The van der Waals surface area contributed by atoms with Crippen LogP contribution in [0.5, 0.6) is 5.75 Å². The molecule has 182 valence electrons. The number of alkyl halides is 3. The summed E-state index contributed by atoms with van der Waals surface area (Å²) in [6.45, 7) is -0.0831. The molecule has 0 atom stereocenters. The fraction of sp³-hybridized carbons (Fsp3) is 0.364. The van der Waals surface area contributed by atoms with Gasteiger partial charge in [-0.05, 0) is 37.1 Å². The topological polar surface area (TPSA) is 111 Å². The monoisotopic (exact) mass is 481 g/mol. The number of nitro benzene ring substituents is 1. The van der Waals surface area contributed by atoms with Crippen LogP contribution in [0.1, 0.15) is 18.4 Å². The van der Waals surface area contributed by atoms with Crippen molar-refractivity contribution in [3.63, 3.8) is 0 Å². The van der Waals surface area contributed by atoms with Gasteiger partial charge in [0.1, 0.15) is 11.4 Å². The summed E-state index contributed by atoms with van der Waals surface area (Å²) < 4.78 is 49.0. The van der Waals surface area contributed by atoms with Crippen LogP contribution in [0.25, 0.3) is 0 Å². The molecular formula is C22H22F3N3O6. The molecule has 1 N–H and O–H groups in total. The molecule has 0 bridgehead atoms. The van der Waals surface area contributed by atoms with Gasteiger partial charge in [-0.2, -0.15) is 13.2 Å². The number of para-hydroxylation sites is 2. The normalized spacial score (nSPS) is 14.4. The molecule has 2 aromatic rings. The molecule has 0 saturated carbocycles. The molecule has 0 radical (unpaired) electrons. The second-order valence-corrected chi connectivity index (χ2v) is 7.58. The van der Waals surface area contributed by atoms with Gasteiger partial charge in [0.05, 0.1) is 29.2 Å². The molecule has 12 heteroatoms. The van der Waals surface area contributed by atoms with Crippen molar-refractivity contribution in [3.05, 3.63) is 58.1 Å². The minimum atomic E-state index is -4.70. The molecule has 1 amide bonds. The highest BCUT2D eigenvalue weighted by molar-refractivity contribution is 5.94. The number of carbonyl (C=O) groups is 2. The van der Waals surface area contributed by atoms with Gasteiger partial charge in [0.2, 0.25) is 0 Å². The molecule has 34 heavy (non-hydrogen) atoms. The fourth-order valence-corrected chi connectivity index (χ4v) is 3.66. The molecule has 0 aliphatic carbocycles. The summed E-state index contributed by atoms with van der Waals surface area (Å²) >= 11 is 0. The maximum absolute atomic E-state index is 12.9. The average molecular weight is 481 g/mol. The van der Waals surface area contributed by atoms with E-state index in [1.807, 2.05) is 0 Å². The zero-order valence-corrected chi connectivity index (χ0v) is 18.1. The summed E-state index contributed by atoms with van der Waals surface area (Å²) in [4.78, 5) is 36.5. The minimum absolute atomic E-state index is 0.0565. The lowest BCUT2D eigenvalue weighted by Gasteiger charge is -2.32. The lowest BCUT2D eigenvalue weighted by molar-refractivity contribution is -0.384. The van der Waals surface area contributed by atoms with E-state index in [9.17, 15) is 32.9 Å². The Morgan fingerprint density at radius 3 is 2.47 bits per heavy atom. The maximum Gasteiger partial charge on any atom is 0.416 e. The minimum Gasteiger partial charge on any atom is -0.495 e. The number of nitrogens with one attached hydrogen (secondary N) is 1. The van der Waals surface area contributed by atoms with Crippen LogP contribution in [-0.2, 0) is 20.5 Å². The standard InChI is InChI=1S/C22H22F3N3O6/c1-33-19-5-3-2-4-16(19)26-20(29)13-34-21(30)14-8-10-27(11-9-14)17-7-6-15(22(23,24)25)12-18(17)28(31)32/h2-7,12,14H,8-11,13H2,1H3,(H,26,29). The summed E-state index contributed by atoms with van der Waals surface area (Å²) in [5, 5.41) is 13.9. The predicted octanol–water partition coefficient (Wildman–Crippen LogP) is 4.02. The molecule has 0 spiro atoms. The smallest absolute Gasteiger partial charge is 0.416 e. The van der Waals surface area contributed by atoms with Crippen molar-refractivity contribution in [1.29, 1.82) is 0 Å². The third-order valence-corrected chi connectivity index (χ3v) is 5.40. The number of hydrogen-bond acceptors (Lipinski definition) is 7. The lowest BCUT2D eigenvalue weighted by atomic mass is 9.96. The van der Waals surface area contributed by atoms with Crippen LogP contribution >= 0.6 is 0 Å². The number of hydrogen-bond donors (Lipinski definition) is 1. The number of halogens is 3. The second-order valence-electron chi connectivity index (χ2n) is 7.58. The number of benzene rings is 2. The van der Waals surface area contributed by atoms with E-state index in [0.29, 0.717) is 17.5 Å². The number of methoxy groups -OCH3 is 1. The van der Waals surface area contributed by atoms with Crippen LogP contribution in [0.2, 0.25) is 0 Å². The van der Waals surface area contributed by atoms with E-state index in [1.165, 1.54) is 7.11 Å². The quantitative estimate of drug-likeness (QED) is 0.361. The number of piperidine rings is 1. The molecule has 2 aromatic carbocycles. The van der Waals surface area contributed by atoms with Crippen molar-refractivity contribution in [2.24, 2.45) is 5.92 Å². The van der Waals surface area contributed by atoms with Gasteiger partial charge in [-0.3, -0.25) is 19.7 Å². The Balaban J connectivity index is 1.55. The van der Waals surface area contributed by atoms with Crippen LogP contribution in [-0.4, -0.2) is 43.6 Å². The lowest BCUT2D eigenvalue weighted by Crippen LogP contribution is -2.37. The van der Waals surface area contributed by atoms with E-state index in [2.05, 4.69) is 5.32 Å². The third-order valence-electron chi connectivity index (χ3n) is 5.40. The molecule has 1 fully saturated rings. The summed E-state index contributed by atoms with van der Waals surface area (Å²) in [6.07, 6.45) is -4.16. The van der Waals surface area contributed by atoms with E-state index in [-0.39, 0.29) is 31.6 Å². The summed E-state index contributed by atoms with van der Waals surface area (Å²) in [6, 6.07) is 9.12. The van der Waals surface area contributed by atoms with Crippen molar-refractivity contribution in [2.75, 3.05) is 37.0 Å². The van der Waals surface area contributed by atoms with Gasteiger partial charge in [-0.25, -0.2) is 0 Å². The number of anilines is 2. The van der Waals surface area contributed by atoms with Crippen LogP contribution in [0.3, 0.4) is 0 Å². The van der Waals surface area contributed by atoms with E-state index in [0.717, 1.165) is 12.1 Å². The Morgan fingerprint density at radius 1 is 1.18 bits per heavy atom. The average Bonchev–Trinajstić information content (AvgIpc) is 2.82. The van der Waals surface area contributed by atoms with Gasteiger partial charge in [0.25, 0.3) is 11.6 Å². The number of nitro groups is 1. The highest BCUT2D eigenvalue weighted by atomic mass is 19.4. The van der Waals surface area contributed by atoms with E-state index >= 15 is 0 Å². The number of ether oxygens (including phenoxy) is 2. The molecule has 1 aliphatic heterocycles. The van der Waals surface area contributed by atoms with Crippen molar-refractivity contribution >= 4 is 28.9 Å². The molecule has 1 heterocycles. The summed E-state index contributed by atoms with van der Waals surface area (Å²) in [7, 11) is 1.46. The van der Waals surface area contributed by atoms with Gasteiger partial charge < -0.3 is 19.7 Å². The Morgan fingerprint density at radius 2 is 1.85 bits per heavy atom. The Labute approximate surface area is 192 Å². The first-order chi connectivity index (χ1) is 16.1. The van der Waals surface area contributed by atoms with Gasteiger partial charge in [-0.15, -0.1) is 0 Å². The molecule has 3 rings (SSSR count). The molecule has 0 unspecified atom stereocenters. The van der Waals surface area contributed by atoms with Crippen molar-refractivity contribution in [2.45, 2.75) is 19.0 Å². The second kappa shape index (κ2) is 10.4. The zero-order valence-electron chi connectivity index (χ0n) is 18.1. The van der Waals surface area contributed by atoms with Gasteiger partial charge in [0.15, 0.2) is 6.61 Å². The van der Waals surface area contributed by atoms with Crippen molar-refractivity contribution in [3.8, 4) is 5.75 Å². The van der Waals surface area contributed by atoms with E-state index in [1.54, 1.807) is 29.2 Å². The molecular weight excluding hydrogens is 459 g/mol. The van der Waals surface area contributed by atoms with Gasteiger partial charge in [0, 0.05) is 19.2 Å². The Hall–Kier alpha value is -3.83. The Bertz CT molecular complexity index is 1070. The SMILES string of the molecule is COc1ccccc1NC(=O)COC(=O)C1CCN(c2ccc(C(F)(F)F)cc2[N+](=O)[O-])CC1. The number of carbonyl (C=O) groups excluding carboxylic acids is 2. The van der Waals surface area contributed by atoms with Crippen LogP contribution in [0, 0.1) is 16.0 Å². The van der Waals surface area contributed by atoms with Crippen molar-refractivity contribution in [1.82, 2.24) is 0 Å². The van der Waals surface area contributed by atoms with Crippen LogP contribution in [0.15, 0.2) is 42.5 Å². The van der Waals surface area contributed by atoms with E-state index in [4.69, 9.17) is 9.47 Å². The number of nitrogens with zero attached hydrogens (tertiary/aromatic N) is 2. The van der Waals surface area contributed by atoms with Gasteiger partial charge in [-0.1, -0.05) is 12.1 Å². The largest absolute Gasteiger partial charge is 0.495 e. The highest BCUT2D eigenvalue weighted by Crippen LogP contribution is 2.37. The third kappa shape index (κ3) is 5.94. The molecule has 1 aliphatic rings. The number of amides is 1. The molecule has 9 nitrogen and oxygen atoms in total. The summed E-state index contributed by atoms with van der Waals surface area (Å²) in [5.74, 6) is -1.22. The highest BCUT2D eigenvalue weighted by Gasteiger charge is 2.35. The first kappa shape index (κ1) is 24.8. The van der Waals surface area contributed by atoms with E-state index < -0.39 is 46.8 Å². The summed E-state index contributed by atoms with van der Waals surface area (Å²) in [5.41, 5.74) is -1.27. The Kier molecular flexibility index (Phi) is 7.59. The number of esters is 1.